The van der Waals surface area contributed by atoms with Crippen LogP contribution in [-0.2, 0) is 11.3 Å². The van der Waals surface area contributed by atoms with Crippen LogP contribution in [0.5, 0.6) is 0 Å². The third-order valence-corrected chi connectivity index (χ3v) is 6.94. The van der Waals surface area contributed by atoms with Gasteiger partial charge in [0.15, 0.2) is 11.3 Å². The van der Waals surface area contributed by atoms with Crippen molar-refractivity contribution >= 4 is 23.0 Å². The van der Waals surface area contributed by atoms with Gasteiger partial charge >= 0.3 is 18.4 Å². The van der Waals surface area contributed by atoms with E-state index in [0.717, 1.165) is 31.6 Å². The van der Waals surface area contributed by atoms with E-state index in [1.54, 1.807) is 12.1 Å². The van der Waals surface area contributed by atoms with Gasteiger partial charge in [0.25, 0.3) is 5.91 Å². The number of nitrogens with one attached hydrogen (secondary N) is 3. The number of aromatic nitrogens is 4. The van der Waals surface area contributed by atoms with Gasteiger partial charge in [-0.2, -0.15) is 26.3 Å². The Labute approximate surface area is 227 Å². The quantitative estimate of drug-likeness (QED) is 0.320. The number of halogens is 6. The summed E-state index contributed by atoms with van der Waals surface area (Å²) >= 11 is 0. The Kier molecular flexibility index (Phi) is 7.11. The second kappa shape index (κ2) is 10.2. The number of fused-ring (bicyclic) bond motifs is 1. The number of hydrogen-bond acceptors (Lipinski definition) is 7. The van der Waals surface area contributed by atoms with Crippen molar-refractivity contribution in [1.82, 2.24) is 35.8 Å². The molecule has 0 spiro atoms. The molecule has 3 N–H and O–H groups in total. The minimum Gasteiger partial charge on any atom is -0.364 e. The van der Waals surface area contributed by atoms with Crippen molar-refractivity contribution in [1.29, 1.82) is 0 Å². The van der Waals surface area contributed by atoms with Gasteiger partial charge in [0.05, 0.1) is 24.2 Å². The maximum absolute atomic E-state index is 13.5. The molecule has 1 aliphatic heterocycles. The van der Waals surface area contributed by atoms with E-state index in [4.69, 9.17) is 9.37 Å². The van der Waals surface area contributed by atoms with E-state index in [1.165, 1.54) is 6.07 Å². The van der Waals surface area contributed by atoms with Gasteiger partial charge in [0.1, 0.15) is 23.6 Å². The number of aromatic amines is 1. The van der Waals surface area contributed by atoms with E-state index >= 15 is 0 Å². The fourth-order valence-electron chi connectivity index (χ4n) is 4.24. The van der Waals surface area contributed by atoms with Crippen LogP contribution in [0.25, 0.3) is 11.0 Å². The third-order valence-electron chi connectivity index (χ3n) is 6.94. The predicted molar refractivity (Wildman–Crippen MR) is 127 cm³/mol. The van der Waals surface area contributed by atoms with Crippen LogP contribution in [0.2, 0.25) is 0 Å². The minimum absolute atomic E-state index is 0.00887. The average molecular weight is 589 g/mol. The molecule has 3 heterocycles. The maximum Gasteiger partial charge on any atom is 0.416 e. The molecule has 0 bridgehead atoms. The van der Waals surface area contributed by atoms with Crippen molar-refractivity contribution in [2.45, 2.75) is 69.2 Å². The molecule has 2 aliphatic rings. The highest BCUT2D eigenvalue weighted by molar-refractivity contribution is 5.93. The predicted octanol–water partition coefficient (Wildman–Crippen LogP) is 4.11. The second-order valence-corrected chi connectivity index (χ2v) is 10.5. The minimum atomic E-state index is -4.70. The number of rotatable bonds is 9. The van der Waals surface area contributed by atoms with Crippen LogP contribution in [0.15, 0.2) is 22.8 Å². The lowest BCUT2D eigenvalue weighted by Crippen LogP contribution is -2.44. The number of H-pyrrole nitrogens is 1. The lowest BCUT2D eigenvalue weighted by molar-refractivity contribution is -0.265. The summed E-state index contributed by atoms with van der Waals surface area (Å²) in [4.78, 5) is 33.4. The molecule has 1 saturated heterocycles. The molecular formula is C24H25F6N7O4. The van der Waals surface area contributed by atoms with Crippen LogP contribution >= 0.6 is 0 Å². The summed E-state index contributed by atoms with van der Waals surface area (Å²) in [7, 11) is 0. The van der Waals surface area contributed by atoms with Gasteiger partial charge in [-0.15, -0.1) is 0 Å². The first-order valence-corrected chi connectivity index (χ1v) is 12.6. The monoisotopic (exact) mass is 589 g/mol. The van der Waals surface area contributed by atoms with E-state index in [9.17, 15) is 35.9 Å². The molecule has 17 heteroatoms. The van der Waals surface area contributed by atoms with Crippen molar-refractivity contribution in [3.63, 3.8) is 0 Å². The molecule has 2 aromatic heterocycles. The Morgan fingerprint density at radius 1 is 1.20 bits per heavy atom. The summed E-state index contributed by atoms with van der Waals surface area (Å²) < 4.78 is 89.3. The van der Waals surface area contributed by atoms with Crippen LogP contribution in [0.4, 0.5) is 31.1 Å². The number of imidazole rings is 1. The summed E-state index contributed by atoms with van der Waals surface area (Å²) in [6.45, 7) is 0.383. The van der Waals surface area contributed by atoms with Gasteiger partial charge < -0.3 is 25.3 Å². The van der Waals surface area contributed by atoms with E-state index < -0.39 is 55.1 Å². The first-order chi connectivity index (χ1) is 19.1. The van der Waals surface area contributed by atoms with Gasteiger partial charge in [-0.3, -0.25) is 4.79 Å². The smallest absolute Gasteiger partial charge is 0.364 e. The van der Waals surface area contributed by atoms with E-state index in [2.05, 4.69) is 25.6 Å². The number of urea groups is 1. The summed E-state index contributed by atoms with van der Waals surface area (Å²) in [6.07, 6.45) is -7.70. The van der Waals surface area contributed by atoms with E-state index in [1.807, 2.05) is 5.32 Å². The molecule has 11 nitrogen and oxygen atoms in total. The first kappa shape index (κ1) is 28.6. The standard InChI is InChI=1S/C24H25F6N7O4/c1-22(2,24(28,29)30)40-10-15(33-20(38)18-17(12-4-5-12)35-41-36-18)19-31-13-6-3-11(7-14(13)32-19)8-37-9-16(23(25,26)27)34-21(37)39/h3,6-7,12,15-16H,4-5,8-10H2,1-2H3,(H,31,32)(H,33,38)(H,34,39)/t15?,16-/m0/s1. The molecule has 3 aromatic rings. The van der Waals surface area contributed by atoms with Crippen LogP contribution in [0.1, 0.15) is 66.2 Å². The number of hydrogen-bond donors (Lipinski definition) is 3. The summed E-state index contributed by atoms with van der Waals surface area (Å²) in [5.41, 5.74) is -1.07. The number of nitrogens with zero attached hydrogens (tertiary/aromatic N) is 4. The number of carbonyl (C=O) groups excluding carboxylic acids is 2. The normalized spacial score (nSPS) is 19.1. The molecule has 5 rings (SSSR count). The third kappa shape index (κ3) is 6.08. The van der Waals surface area contributed by atoms with Gasteiger partial charge in [-0.1, -0.05) is 11.2 Å². The molecule has 1 saturated carbocycles. The molecule has 1 aromatic carbocycles. The lowest BCUT2D eigenvalue weighted by Gasteiger charge is -2.29. The van der Waals surface area contributed by atoms with E-state index in [-0.39, 0.29) is 24.0 Å². The topological polar surface area (TPSA) is 138 Å². The fourth-order valence-corrected chi connectivity index (χ4v) is 4.24. The molecule has 222 valence electrons. The fraction of sp³-hybridized carbons (Fsp3) is 0.542. The zero-order valence-electron chi connectivity index (χ0n) is 21.7. The van der Waals surface area contributed by atoms with E-state index in [0.29, 0.717) is 22.3 Å². The Balaban J connectivity index is 1.37. The molecule has 1 aliphatic carbocycles. The zero-order chi connectivity index (χ0) is 29.7. The Morgan fingerprint density at radius 2 is 1.93 bits per heavy atom. The van der Waals surface area contributed by atoms with Gasteiger partial charge in [-0.05, 0) is 49.5 Å². The highest BCUT2D eigenvalue weighted by Gasteiger charge is 2.49. The lowest BCUT2D eigenvalue weighted by atomic mass is 10.1. The van der Waals surface area contributed by atoms with Gasteiger partial charge in [0, 0.05) is 12.5 Å². The highest BCUT2D eigenvalue weighted by Crippen LogP contribution is 2.40. The number of benzene rings is 1. The number of amides is 3. The number of ether oxygens (including phenoxy) is 1. The van der Waals surface area contributed by atoms with Gasteiger partial charge in [0.2, 0.25) is 0 Å². The summed E-state index contributed by atoms with van der Waals surface area (Å²) in [5, 5.41) is 11.9. The molecule has 0 radical (unpaired) electrons. The molecule has 1 unspecified atom stereocenters. The molecule has 41 heavy (non-hydrogen) atoms. The zero-order valence-corrected chi connectivity index (χ0v) is 21.7. The Morgan fingerprint density at radius 3 is 2.56 bits per heavy atom. The van der Waals surface area contributed by atoms with Crippen LogP contribution in [0.3, 0.4) is 0 Å². The van der Waals surface area contributed by atoms with Crippen LogP contribution in [-0.4, -0.2) is 74.3 Å². The van der Waals surface area contributed by atoms with Crippen molar-refractivity contribution < 1.29 is 45.3 Å². The second-order valence-electron chi connectivity index (χ2n) is 10.5. The van der Waals surface area contributed by atoms with Crippen molar-refractivity contribution in [2.75, 3.05) is 13.2 Å². The first-order valence-electron chi connectivity index (χ1n) is 12.6. The molecule has 2 fully saturated rings. The van der Waals surface area contributed by atoms with Crippen molar-refractivity contribution in [3.05, 3.63) is 41.0 Å². The summed E-state index contributed by atoms with van der Waals surface area (Å²) in [5.74, 6) is -0.675. The van der Waals surface area contributed by atoms with Gasteiger partial charge in [-0.25, -0.2) is 14.4 Å². The van der Waals surface area contributed by atoms with Crippen molar-refractivity contribution in [2.24, 2.45) is 0 Å². The molecule has 2 atom stereocenters. The molecular weight excluding hydrogens is 564 g/mol. The highest BCUT2D eigenvalue weighted by atomic mass is 19.4. The maximum atomic E-state index is 13.5. The Bertz CT molecular complexity index is 1450. The van der Waals surface area contributed by atoms with Crippen LogP contribution in [0, 0.1) is 0 Å². The van der Waals surface area contributed by atoms with Crippen LogP contribution < -0.4 is 10.6 Å². The SMILES string of the molecule is CC(C)(OCC(NC(=O)c1nonc1C1CC1)c1nc2ccc(CN3C[C@@H](C(F)(F)F)NC3=O)cc2[nH]1)C(F)(F)F. The largest absolute Gasteiger partial charge is 0.416 e. The Hall–Kier alpha value is -3.89. The number of carbonyl (C=O) groups is 2. The number of alkyl halides is 6. The average Bonchev–Trinajstić information content (AvgIpc) is 3.27. The van der Waals surface area contributed by atoms with Crippen molar-refractivity contribution in [3.8, 4) is 0 Å². The summed E-state index contributed by atoms with van der Waals surface area (Å²) in [6, 6.07) is 0.598. The molecule has 3 amide bonds.